The van der Waals surface area contributed by atoms with E-state index in [0.717, 1.165) is 32.5 Å². The Labute approximate surface area is 121 Å². The zero-order valence-electron chi connectivity index (χ0n) is 11.0. The van der Waals surface area contributed by atoms with Crippen molar-refractivity contribution in [3.63, 3.8) is 0 Å². The van der Waals surface area contributed by atoms with Crippen LogP contribution in [0.25, 0.3) is 0 Å². The van der Waals surface area contributed by atoms with Gasteiger partial charge in [0, 0.05) is 17.6 Å². The molecule has 1 aliphatic heterocycles. The van der Waals surface area contributed by atoms with Crippen LogP contribution < -0.4 is 5.32 Å². The fraction of sp³-hybridized carbons (Fsp3) is 0.500. The number of hydrogen-bond acceptors (Lipinski definition) is 2. The van der Waals surface area contributed by atoms with E-state index < -0.39 is 0 Å². The number of nitrogens with zero attached hydrogens (tertiary/aromatic N) is 1. The van der Waals surface area contributed by atoms with Crippen LogP contribution >= 0.6 is 15.9 Å². The topological polar surface area (TPSA) is 32.3 Å². The second-order valence-corrected chi connectivity index (χ2v) is 5.77. The number of amides is 1. The molecule has 1 N–H and O–H groups in total. The third-order valence-corrected chi connectivity index (χ3v) is 4.24. The first-order chi connectivity index (χ1) is 9.11. The monoisotopic (exact) mass is 328 g/mol. The van der Waals surface area contributed by atoms with Crippen molar-refractivity contribution in [3.8, 4) is 0 Å². The predicted molar refractivity (Wildman–Crippen MR) is 76.7 cm³/mol. The van der Waals surface area contributed by atoms with E-state index in [2.05, 4.69) is 21.2 Å². The van der Waals surface area contributed by atoms with E-state index in [9.17, 15) is 9.18 Å². The second-order valence-electron chi connectivity index (χ2n) is 4.92. The summed E-state index contributed by atoms with van der Waals surface area (Å²) in [5.74, 6) is 0.163. The standard InChI is InChI=1S/C14H18BrFN2O/c1-17-9-10-4-6-18(7-5-10)14(19)12-8-11(16)2-3-13(12)15/h2-3,8,10,17H,4-7,9H2,1H3. The molecule has 0 aliphatic carbocycles. The molecule has 19 heavy (non-hydrogen) atoms. The lowest BCUT2D eigenvalue weighted by Crippen LogP contribution is -2.40. The molecule has 0 spiro atoms. The molecular formula is C14H18BrFN2O. The summed E-state index contributed by atoms with van der Waals surface area (Å²) in [6, 6.07) is 4.22. The van der Waals surface area contributed by atoms with Crippen LogP contribution in [0.3, 0.4) is 0 Å². The molecule has 1 saturated heterocycles. The van der Waals surface area contributed by atoms with Crippen LogP contribution in [0.4, 0.5) is 4.39 Å². The molecule has 5 heteroatoms. The molecule has 2 rings (SSSR count). The molecule has 1 heterocycles. The van der Waals surface area contributed by atoms with E-state index in [1.165, 1.54) is 12.1 Å². The summed E-state index contributed by atoms with van der Waals surface area (Å²) < 4.78 is 13.9. The molecule has 0 bridgehead atoms. The van der Waals surface area contributed by atoms with E-state index in [0.29, 0.717) is 16.0 Å². The van der Waals surface area contributed by atoms with E-state index >= 15 is 0 Å². The molecule has 0 unspecified atom stereocenters. The molecular weight excluding hydrogens is 311 g/mol. The van der Waals surface area contributed by atoms with Crippen LogP contribution in [0, 0.1) is 11.7 Å². The maximum absolute atomic E-state index is 13.2. The summed E-state index contributed by atoms with van der Waals surface area (Å²) in [6.07, 6.45) is 2.00. The Bertz CT molecular complexity index is 459. The zero-order valence-corrected chi connectivity index (χ0v) is 12.5. The number of rotatable bonds is 3. The zero-order chi connectivity index (χ0) is 13.8. The summed E-state index contributed by atoms with van der Waals surface area (Å²) in [4.78, 5) is 14.2. The highest BCUT2D eigenvalue weighted by Gasteiger charge is 2.24. The van der Waals surface area contributed by atoms with Crippen molar-refractivity contribution in [1.29, 1.82) is 0 Å². The summed E-state index contributed by atoms with van der Waals surface area (Å²) in [5, 5.41) is 3.17. The van der Waals surface area contributed by atoms with Gasteiger partial charge in [-0.05, 0) is 66.5 Å². The Hall–Kier alpha value is -0.940. The third kappa shape index (κ3) is 3.54. The fourth-order valence-electron chi connectivity index (χ4n) is 2.46. The fourth-order valence-corrected chi connectivity index (χ4v) is 2.88. The normalized spacial score (nSPS) is 16.7. The highest BCUT2D eigenvalue weighted by atomic mass is 79.9. The smallest absolute Gasteiger partial charge is 0.255 e. The number of carbonyl (C=O) groups is 1. The number of carbonyl (C=O) groups excluding carboxylic acids is 1. The molecule has 1 amide bonds. The summed E-state index contributed by atoms with van der Waals surface area (Å²) >= 11 is 3.31. The van der Waals surface area contributed by atoms with Crippen molar-refractivity contribution >= 4 is 21.8 Å². The van der Waals surface area contributed by atoms with Gasteiger partial charge in [-0.3, -0.25) is 4.79 Å². The number of benzene rings is 1. The largest absolute Gasteiger partial charge is 0.339 e. The highest BCUT2D eigenvalue weighted by molar-refractivity contribution is 9.10. The van der Waals surface area contributed by atoms with E-state index in [4.69, 9.17) is 0 Å². The van der Waals surface area contributed by atoms with Gasteiger partial charge in [0.25, 0.3) is 5.91 Å². The maximum Gasteiger partial charge on any atom is 0.255 e. The highest BCUT2D eigenvalue weighted by Crippen LogP contribution is 2.23. The first kappa shape index (κ1) is 14.5. The van der Waals surface area contributed by atoms with Crippen molar-refractivity contribution < 1.29 is 9.18 Å². The van der Waals surface area contributed by atoms with Crippen LogP contribution in [0.1, 0.15) is 23.2 Å². The number of halogens is 2. The lowest BCUT2D eigenvalue weighted by molar-refractivity contribution is 0.0689. The van der Waals surface area contributed by atoms with Gasteiger partial charge in [-0.2, -0.15) is 0 Å². The third-order valence-electron chi connectivity index (χ3n) is 3.55. The summed E-state index contributed by atoms with van der Waals surface area (Å²) in [5.41, 5.74) is 0.409. The molecule has 104 valence electrons. The van der Waals surface area contributed by atoms with Crippen molar-refractivity contribution in [2.45, 2.75) is 12.8 Å². The van der Waals surface area contributed by atoms with Gasteiger partial charge in [-0.15, -0.1) is 0 Å². The average Bonchev–Trinajstić information content (AvgIpc) is 2.42. The van der Waals surface area contributed by atoms with Crippen LogP contribution in [0.5, 0.6) is 0 Å². The molecule has 0 saturated carbocycles. The molecule has 1 fully saturated rings. The second kappa shape index (κ2) is 6.48. The van der Waals surface area contributed by atoms with Gasteiger partial charge in [0.1, 0.15) is 5.82 Å². The molecule has 1 aromatic carbocycles. The Balaban J connectivity index is 2.03. The van der Waals surface area contributed by atoms with Gasteiger partial charge in [-0.25, -0.2) is 4.39 Å². The lowest BCUT2D eigenvalue weighted by Gasteiger charge is -2.32. The molecule has 0 aromatic heterocycles. The molecule has 1 aliphatic rings. The van der Waals surface area contributed by atoms with Crippen LogP contribution in [0.15, 0.2) is 22.7 Å². The van der Waals surface area contributed by atoms with Crippen LogP contribution in [-0.4, -0.2) is 37.5 Å². The first-order valence-electron chi connectivity index (χ1n) is 6.50. The summed E-state index contributed by atoms with van der Waals surface area (Å²) in [6.45, 7) is 2.48. The Kier molecular flexibility index (Phi) is 4.93. The Morgan fingerprint density at radius 1 is 1.47 bits per heavy atom. The maximum atomic E-state index is 13.2. The van der Waals surface area contributed by atoms with E-state index in [-0.39, 0.29) is 11.7 Å². The van der Waals surface area contributed by atoms with E-state index in [1.54, 1.807) is 6.07 Å². The van der Waals surface area contributed by atoms with Gasteiger partial charge >= 0.3 is 0 Å². The number of piperidine rings is 1. The Morgan fingerprint density at radius 2 is 2.16 bits per heavy atom. The predicted octanol–water partition coefficient (Wildman–Crippen LogP) is 2.66. The van der Waals surface area contributed by atoms with Gasteiger partial charge in [0.2, 0.25) is 0 Å². The van der Waals surface area contributed by atoms with Crippen LogP contribution in [-0.2, 0) is 0 Å². The molecule has 0 atom stereocenters. The number of nitrogens with one attached hydrogen (secondary N) is 1. The molecule has 1 aromatic rings. The number of hydrogen-bond donors (Lipinski definition) is 1. The summed E-state index contributed by atoms with van der Waals surface area (Å²) in [7, 11) is 1.95. The van der Waals surface area contributed by atoms with Crippen molar-refractivity contribution in [2.75, 3.05) is 26.7 Å². The van der Waals surface area contributed by atoms with E-state index in [1.807, 2.05) is 11.9 Å². The van der Waals surface area contributed by atoms with Gasteiger partial charge in [0.05, 0.1) is 5.56 Å². The molecule has 0 radical (unpaired) electrons. The van der Waals surface area contributed by atoms with Crippen molar-refractivity contribution in [3.05, 3.63) is 34.1 Å². The SMILES string of the molecule is CNCC1CCN(C(=O)c2cc(F)ccc2Br)CC1. The average molecular weight is 329 g/mol. The van der Waals surface area contributed by atoms with Crippen LogP contribution in [0.2, 0.25) is 0 Å². The quantitative estimate of drug-likeness (QED) is 0.925. The minimum atomic E-state index is -0.378. The lowest BCUT2D eigenvalue weighted by atomic mass is 9.96. The van der Waals surface area contributed by atoms with Crippen molar-refractivity contribution in [1.82, 2.24) is 10.2 Å². The Morgan fingerprint density at radius 3 is 2.79 bits per heavy atom. The van der Waals surface area contributed by atoms with Gasteiger partial charge in [-0.1, -0.05) is 0 Å². The molecule has 3 nitrogen and oxygen atoms in total. The van der Waals surface area contributed by atoms with Crippen molar-refractivity contribution in [2.24, 2.45) is 5.92 Å². The van der Waals surface area contributed by atoms with Gasteiger partial charge < -0.3 is 10.2 Å². The number of likely N-dealkylation sites (tertiary alicyclic amines) is 1. The first-order valence-corrected chi connectivity index (χ1v) is 7.30. The van der Waals surface area contributed by atoms with Gasteiger partial charge in [0.15, 0.2) is 0 Å². The minimum absolute atomic E-state index is 0.0886. The minimum Gasteiger partial charge on any atom is -0.339 e.